The molecule has 2 rings (SSSR count). The van der Waals surface area contributed by atoms with Crippen LogP contribution in [0.3, 0.4) is 0 Å². The molecule has 0 aliphatic heterocycles. The van der Waals surface area contributed by atoms with E-state index < -0.39 is 0 Å². The number of hydrogen-bond acceptors (Lipinski definition) is 2. The Morgan fingerprint density at radius 2 is 1.83 bits per heavy atom. The number of rotatable bonds is 5. The molecule has 0 bridgehead atoms. The third-order valence-electron chi connectivity index (χ3n) is 2.62. The fourth-order valence-electron chi connectivity index (χ4n) is 1.79. The van der Waals surface area contributed by atoms with Crippen LogP contribution in [0.15, 0.2) is 53.0 Å². The van der Waals surface area contributed by atoms with Gasteiger partial charge in [-0.1, -0.05) is 40.2 Å². The first kappa shape index (κ1) is 13.1. The molecule has 0 spiro atoms. The van der Waals surface area contributed by atoms with Crippen molar-refractivity contribution in [3.8, 4) is 0 Å². The summed E-state index contributed by atoms with van der Waals surface area (Å²) in [7, 11) is 1.71. The van der Waals surface area contributed by atoms with Crippen LogP contribution in [0, 0.1) is 0 Å². The minimum atomic E-state index is 0.645. The van der Waals surface area contributed by atoms with Gasteiger partial charge in [-0.15, -0.1) is 0 Å². The van der Waals surface area contributed by atoms with Crippen LogP contribution < -0.4 is 5.32 Å². The molecule has 0 amide bonds. The van der Waals surface area contributed by atoms with Gasteiger partial charge in [0.15, 0.2) is 0 Å². The molecular weight excluding hydrogens is 290 g/mol. The maximum Gasteiger partial charge on any atom is 0.0713 e. The minimum absolute atomic E-state index is 0.645. The average Bonchev–Trinajstić information content (AvgIpc) is 2.37. The Morgan fingerprint density at radius 1 is 1.06 bits per heavy atom. The summed E-state index contributed by atoms with van der Waals surface area (Å²) < 4.78 is 6.23. The number of methoxy groups -OCH3 is 1. The third-order valence-corrected chi connectivity index (χ3v) is 3.12. The lowest BCUT2D eigenvalue weighted by Crippen LogP contribution is -2.00. The van der Waals surface area contributed by atoms with E-state index >= 15 is 0 Å². The van der Waals surface area contributed by atoms with Crippen molar-refractivity contribution in [3.63, 3.8) is 0 Å². The highest BCUT2D eigenvalue weighted by molar-refractivity contribution is 9.10. The molecule has 2 aromatic carbocycles. The summed E-state index contributed by atoms with van der Waals surface area (Å²) in [4.78, 5) is 0. The van der Waals surface area contributed by atoms with Crippen LogP contribution in [0.4, 0.5) is 5.69 Å². The molecular formula is C15H16BrNO. The summed E-state index contributed by atoms with van der Waals surface area (Å²) in [6.45, 7) is 1.46. The van der Waals surface area contributed by atoms with Crippen LogP contribution in [-0.2, 0) is 17.9 Å². The Morgan fingerprint density at radius 3 is 2.61 bits per heavy atom. The van der Waals surface area contributed by atoms with Crippen molar-refractivity contribution in [2.24, 2.45) is 0 Å². The van der Waals surface area contributed by atoms with Gasteiger partial charge in [0.05, 0.1) is 6.61 Å². The molecule has 0 aliphatic carbocycles. The van der Waals surface area contributed by atoms with Crippen LogP contribution >= 0.6 is 15.9 Å². The van der Waals surface area contributed by atoms with Gasteiger partial charge >= 0.3 is 0 Å². The lowest BCUT2D eigenvalue weighted by atomic mass is 10.2. The van der Waals surface area contributed by atoms with Gasteiger partial charge in [-0.25, -0.2) is 0 Å². The molecule has 0 fully saturated rings. The molecule has 1 N–H and O–H groups in total. The highest BCUT2D eigenvalue weighted by Gasteiger charge is 1.97. The fourth-order valence-corrected chi connectivity index (χ4v) is 2.24. The van der Waals surface area contributed by atoms with Crippen molar-refractivity contribution in [3.05, 3.63) is 64.1 Å². The SMILES string of the molecule is COCc1cccc(NCc2cccc(Br)c2)c1. The highest BCUT2D eigenvalue weighted by atomic mass is 79.9. The average molecular weight is 306 g/mol. The zero-order chi connectivity index (χ0) is 12.8. The van der Waals surface area contributed by atoms with E-state index in [9.17, 15) is 0 Å². The molecule has 0 aliphatic rings. The van der Waals surface area contributed by atoms with Crippen molar-refractivity contribution >= 4 is 21.6 Å². The van der Waals surface area contributed by atoms with Gasteiger partial charge in [0.25, 0.3) is 0 Å². The predicted molar refractivity (Wildman–Crippen MR) is 78.6 cm³/mol. The Bertz CT molecular complexity index is 513. The molecule has 0 unspecified atom stereocenters. The second kappa shape index (κ2) is 6.57. The van der Waals surface area contributed by atoms with Gasteiger partial charge < -0.3 is 10.1 Å². The summed E-state index contributed by atoms with van der Waals surface area (Å²) in [6, 6.07) is 16.6. The van der Waals surface area contributed by atoms with Crippen LogP contribution in [0.25, 0.3) is 0 Å². The van der Waals surface area contributed by atoms with Gasteiger partial charge in [0, 0.05) is 23.8 Å². The number of halogens is 1. The van der Waals surface area contributed by atoms with Crippen molar-refractivity contribution in [2.45, 2.75) is 13.2 Å². The zero-order valence-corrected chi connectivity index (χ0v) is 11.9. The van der Waals surface area contributed by atoms with E-state index in [1.54, 1.807) is 7.11 Å². The van der Waals surface area contributed by atoms with E-state index in [0.29, 0.717) is 6.61 Å². The first-order chi connectivity index (χ1) is 8.78. The van der Waals surface area contributed by atoms with Gasteiger partial charge in [-0.2, -0.15) is 0 Å². The molecule has 2 aromatic rings. The molecule has 94 valence electrons. The Hall–Kier alpha value is -1.32. The van der Waals surface area contributed by atoms with E-state index in [2.05, 4.69) is 51.6 Å². The second-order valence-corrected chi connectivity index (χ2v) is 5.03. The third kappa shape index (κ3) is 3.86. The van der Waals surface area contributed by atoms with Crippen molar-refractivity contribution in [1.29, 1.82) is 0 Å². The number of ether oxygens (including phenoxy) is 1. The Balaban J connectivity index is 1.99. The molecule has 3 heteroatoms. The standard InChI is InChI=1S/C15H16BrNO/c1-18-11-13-5-3-7-15(9-13)17-10-12-4-2-6-14(16)8-12/h2-9,17H,10-11H2,1H3. The van der Waals surface area contributed by atoms with E-state index in [0.717, 1.165) is 16.7 Å². The molecule has 0 heterocycles. The summed E-state index contributed by atoms with van der Waals surface area (Å²) in [6.07, 6.45) is 0. The summed E-state index contributed by atoms with van der Waals surface area (Å²) in [5, 5.41) is 3.41. The number of hydrogen-bond donors (Lipinski definition) is 1. The molecule has 0 saturated heterocycles. The van der Waals surface area contributed by atoms with Crippen LogP contribution in [-0.4, -0.2) is 7.11 Å². The topological polar surface area (TPSA) is 21.3 Å². The van der Waals surface area contributed by atoms with E-state index in [1.807, 2.05) is 18.2 Å². The first-order valence-corrected chi connectivity index (χ1v) is 6.63. The molecule has 0 aromatic heterocycles. The lowest BCUT2D eigenvalue weighted by molar-refractivity contribution is 0.185. The fraction of sp³-hybridized carbons (Fsp3) is 0.200. The normalized spacial score (nSPS) is 10.3. The van der Waals surface area contributed by atoms with Crippen LogP contribution in [0.2, 0.25) is 0 Å². The number of anilines is 1. The van der Waals surface area contributed by atoms with Gasteiger partial charge in [0.1, 0.15) is 0 Å². The predicted octanol–water partition coefficient (Wildman–Crippen LogP) is 4.21. The van der Waals surface area contributed by atoms with E-state index in [4.69, 9.17) is 4.74 Å². The molecule has 18 heavy (non-hydrogen) atoms. The number of benzene rings is 2. The monoisotopic (exact) mass is 305 g/mol. The van der Waals surface area contributed by atoms with Crippen LogP contribution in [0.1, 0.15) is 11.1 Å². The zero-order valence-electron chi connectivity index (χ0n) is 10.3. The van der Waals surface area contributed by atoms with E-state index in [-0.39, 0.29) is 0 Å². The maximum atomic E-state index is 5.13. The molecule has 2 nitrogen and oxygen atoms in total. The van der Waals surface area contributed by atoms with Crippen molar-refractivity contribution in [1.82, 2.24) is 0 Å². The Kier molecular flexibility index (Phi) is 4.79. The highest BCUT2D eigenvalue weighted by Crippen LogP contribution is 2.15. The summed E-state index contributed by atoms with van der Waals surface area (Å²) >= 11 is 3.48. The first-order valence-electron chi connectivity index (χ1n) is 5.84. The maximum absolute atomic E-state index is 5.13. The lowest BCUT2D eigenvalue weighted by Gasteiger charge is -2.08. The molecule has 0 saturated carbocycles. The van der Waals surface area contributed by atoms with Crippen molar-refractivity contribution < 1.29 is 4.74 Å². The summed E-state index contributed by atoms with van der Waals surface area (Å²) in [5.41, 5.74) is 3.54. The minimum Gasteiger partial charge on any atom is -0.381 e. The van der Waals surface area contributed by atoms with Gasteiger partial charge in [-0.05, 0) is 35.4 Å². The summed E-state index contributed by atoms with van der Waals surface area (Å²) in [5.74, 6) is 0. The van der Waals surface area contributed by atoms with Gasteiger partial charge in [0.2, 0.25) is 0 Å². The van der Waals surface area contributed by atoms with Gasteiger partial charge in [-0.3, -0.25) is 0 Å². The van der Waals surface area contributed by atoms with Crippen LogP contribution in [0.5, 0.6) is 0 Å². The molecule has 0 radical (unpaired) electrons. The number of nitrogens with one attached hydrogen (secondary N) is 1. The Labute approximate surface area is 116 Å². The largest absolute Gasteiger partial charge is 0.381 e. The molecule has 0 atom stereocenters. The second-order valence-electron chi connectivity index (χ2n) is 4.12. The van der Waals surface area contributed by atoms with Crippen molar-refractivity contribution in [2.75, 3.05) is 12.4 Å². The smallest absolute Gasteiger partial charge is 0.0713 e. The quantitative estimate of drug-likeness (QED) is 0.893. The van der Waals surface area contributed by atoms with E-state index in [1.165, 1.54) is 11.1 Å².